The Bertz CT molecular complexity index is 625. The molecule has 0 radical (unpaired) electrons. The van der Waals surface area contributed by atoms with Crippen LogP contribution in [0.4, 0.5) is 5.69 Å². The Morgan fingerprint density at radius 3 is 2.68 bits per heavy atom. The lowest BCUT2D eigenvalue weighted by Gasteiger charge is -2.34. The molecule has 1 aliphatic rings. The third kappa shape index (κ3) is 1.79. The van der Waals surface area contributed by atoms with Crippen LogP contribution in [0.1, 0.15) is 36.3 Å². The second kappa shape index (κ2) is 4.15. The van der Waals surface area contributed by atoms with Gasteiger partial charge in [-0.15, -0.1) is 0 Å². The van der Waals surface area contributed by atoms with Crippen molar-refractivity contribution in [2.24, 2.45) is 7.05 Å². The van der Waals surface area contributed by atoms with Gasteiger partial charge in [-0.25, -0.2) is 4.98 Å². The summed E-state index contributed by atoms with van der Waals surface area (Å²) in [6.07, 6.45) is 4.66. The average molecular weight is 262 g/mol. The number of hydrogen-bond acceptors (Lipinski definition) is 5. The number of aryl methyl sites for hydroxylation is 1. The summed E-state index contributed by atoms with van der Waals surface area (Å²) in [5, 5.41) is 19.0. The number of hydrogen-bond donors (Lipinski definition) is 0. The molecule has 1 fully saturated rings. The van der Waals surface area contributed by atoms with Gasteiger partial charge in [-0.05, 0) is 19.8 Å². The molecule has 0 saturated heterocycles. The highest BCUT2D eigenvalue weighted by molar-refractivity contribution is 5.32. The fourth-order valence-corrected chi connectivity index (χ4v) is 2.63. The van der Waals surface area contributed by atoms with Crippen molar-refractivity contribution >= 4 is 5.69 Å². The molecule has 0 amide bonds. The maximum Gasteiger partial charge on any atom is 0.309 e. The second-order valence-electron chi connectivity index (χ2n) is 4.88. The lowest BCUT2D eigenvalue weighted by atomic mass is 9.79. The van der Waals surface area contributed by atoms with Crippen molar-refractivity contribution in [2.45, 2.75) is 31.7 Å². The van der Waals surface area contributed by atoms with E-state index in [2.05, 4.69) is 15.2 Å². The van der Waals surface area contributed by atoms with Crippen LogP contribution in [0.15, 0.2) is 12.5 Å². The first-order chi connectivity index (χ1) is 9.08. The van der Waals surface area contributed by atoms with Gasteiger partial charge in [0.2, 0.25) is 0 Å². The van der Waals surface area contributed by atoms with Crippen molar-refractivity contribution in [3.8, 4) is 0 Å². The topological polar surface area (TPSA) is 91.7 Å². The molecule has 1 aliphatic carbocycles. The average Bonchev–Trinajstić information content (AvgIpc) is 2.86. The molecule has 0 unspecified atom stereocenters. The number of aromatic nitrogens is 5. The standard InChI is InChI=1S/C11H14N6O2/c1-7-10(17(18)19)5-13-16(7)9-3-8(4-9)11-12-6-14-15(11)2/h5-6,8-9H,3-4H2,1-2H3. The van der Waals surface area contributed by atoms with Crippen molar-refractivity contribution in [1.29, 1.82) is 0 Å². The van der Waals surface area contributed by atoms with Crippen molar-refractivity contribution in [3.05, 3.63) is 34.2 Å². The van der Waals surface area contributed by atoms with Gasteiger partial charge in [-0.3, -0.25) is 19.5 Å². The van der Waals surface area contributed by atoms with Gasteiger partial charge in [0.15, 0.2) is 0 Å². The van der Waals surface area contributed by atoms with Crippen molar-refractivity contribution in [3.63, 3.8) is 0 Å². The zero-order valence-electron chi connectivity index (χ0n) is 10.7. The molecule has 0 bridgehead atoms. The summed E-state index contributed by atoms with van der Waals surface area (Å²) in [5.41, 5.74) is 0.702. The normalized spacial score (nSPS) is 22.2. The van der Waals surface area contributed by atoms with E-state index in [1.165, 1.54) is 6.20 Å². The molecule has 0 aromatic carbocycles. The Balaban J connectivity index is 1.74. The molecule has 1 saturated carbocycles. The molecule has 2 aromatic heterocycles. The highest BCUT2D eigenvalue weighted by Gasteiger charge is 2.36. The summed E-state index contributed by atoms with van der Waals surface area (Å²) >= 11 is 0. The monoisotopic (exact) mass is 262 g/mol. The van der Waals surface area contributed by atoms with Crippen LogP contribution in [0.5, 0.6) is 0 Å². The Hall–Kier alpha value is -2.25. The van der Waals surface area contributed by atoms with Gasteiger partial charge in [-0.1, -0.05) is 0 Å². The molecule has 0 atom stereocenters. The lowest BCUT2D eigenvalue weighted by molar-refractivity contribution is -0.385. The molecule has 0 N–H and O–H groups in total. The smallest absolute Gasteiger partial charge is 0.260 e. The van der Waals surface area contributed by atoms with E-state index in [-0.39, 0.29) is 11.7 Å². The van der Waals surface area contributed by atoms with Crippen molar-refractivity contribution in [2.75, 3.05) is 0 Å². The molecular formula is C11H14N6O2. The highest BCUT2D eigenvalue weighted by Crippen LogP contribution is 2.44. The zero-order chi connectivity index (χ0) is 13.6. The molecule has 8 heteroatoms. The minimum absolute atomic E-state index is 0.0853. The van der Waals surface area contributed by atoms with E-state index in [1.54, 1.807) is 22.6 Å². The zero-order valence-corrected chi connectivity index (χ0v) is 10.7. The van der Waals surface area contributed by atoms with E-state index < -0.39 is 4.92 Å². The van der Waals surface area contributed by atoms with Gasteiger partial charge in [0, 0.05) is 13.0 Å². The Morgan fingerprint density at radius 1 is 1.42 bits per heavy atom. The molecule has 8 nitrogen and oxygen atoms in total. The quantitative estimate of drug-likeness (QED) is 0.615. The van der Waals surface area contributed by atoms with Crippen LogP contribution in [0.25, 0.3) is 0 Å². The van der Waals surface area contributed by atoms with E-state index in [9.17, 15) is 10.1 Å². The van der Waals surface area contributed by atoms with E-state index in [1.807, 2.05) is 7.05 Å². The van der Waals surface area contributed by atoms with Gasteiger partial charge < -0.3 is 0 Å². The second-order valence-corrected chi connectivity index (χ2v) is 4.88. The fourth-order valence-electron chi connectivity index (χ4n) is 2.63. The van der Waals surface area contributed by atoms with E-state index >= 15 is 0 Å². The first-order valence-electron chi connectivity index (χ1n) is 6.10. The maximum absolute atomic E-state index is 10.8. The molecular weight excluding hydrogens is 248 g/mol. The predicted octanol–water partition coefficient (Wildman–Crippen LogP) is 1.35. The van der Waals surface area contributed by atoms with Crippen LogP contribution < -0.4 is 0 Å². The van der Waals surface area contributed by atoms with Gasteiger partial charge in [-0.2, -0.15) is 10.2 Å². The summed E-state index contributed by atoms with van der Waals surface area (Å²) in [6, 6.07) is 0.218. The molecule has 2 aromatic rings. The summed E-state index contributed by atoms with van der Waals surface area (Å²) in [7, 11) is 1.87. The van der Waals surface area contributed by atoms with Crippen LogP contribution in [0.2, 0.25) is 0 Å². The third-order valence-electron chi connectivity index (χ3n) is 3.79. The summed E-state index contributed by atoms with van der Waals surface area (Å²) in [5.74, 6) is 1.33. The first kappa shape index (κ1) is 11.8. The van der Waals surface area contributed by atoms with Crippen molar-refractivity contribution in [1.82, 2.24) is 24.5 Å². The van der Waals surface area contributed by atoms with E-state index in [4.69, 9.17) is 0 Å². The maximum atomic E-state index is 10.8. The van der Waals surface area contributed by atoms with Gasteiger partial charge in [0.1, 0.15) is 24.0 Å². The van der Waals surface area contributed by atoms with Gasteiger partial charge in [0.25, 0.3) is 0 Å². The Morgan fingerprint density at radius 2 is 2.16 bits per heavy atom. The largest absolute Gasteiger partial charge is 0.309 e. The van der Waals surface area contributed by atoms with Crippen LogP contribution in [0, 0.1) is 17.0 Å². The van der Waals surface area contributed by atoms with Gasteiger partial charge >= 0.3 is 5.69 Å². The molecule has 100 valence electrons. The Kier molecular flexibility index (Phi) is 2.58. The Labute approximate surface area is 109 Å². The van der Waals surface area contributed by atoms with E-state index in [0.29, 0.717) is 11.6 Å². The van der Waals surface area contributed by atoms with Gasteiger partial charge in [0.05, 0.1) is 11.0 Å². The predicted molar refractivity (Wildman–Crippen MR) is 65.6 cm³/mol. The number of rotatable bonds is 3. The highest BCUT2D eigenvalue weighted by atomic mass is 16.6. The minimum atomic E-state index is -0.391. The molecule has 19 heavy (non-hydrogen) atoms. The minimum Gasteiger partial charge on any atom is -0.260 e. The number of nitrogens with zero attached hydrogens (tertiary/aromatic N) is 6. The van der Waals surface area contributed by atoms with Crippen LogP contribution in [-0.2, 0) is 7.05 Å². The SMILES string of the molecule is Cc1c([N+](=O)[O-])cnn1C1CC(c2ncnn2C)C1. The summed E-state index contributed by atoms with van der Waals surface area (Å²) < 4.78 is 3.53. The molecule has 0 spiro atoms. The third-order valence-corrected chi connectivity index (χ3v) is 3.79. The fraction of sp³-hybridized carbons (Fsp3) is 0.545. The first-order valence-corrected chi connectivity index (χ1v) is 6.10. The summed E-state index contributed by atoms with van der Waals surface area (Å²) in [6.45, 7) is 1.74. The molecule has 3 rings (SSSR count). The van der Waals surface area contributed by atoms with Crippen molar-refractivity contribution < 1.29 is 4.92 Å². The van der Waals surface area contributed by atoms with Crippen LogP contribution in [-0.4, -0.2) is 29.5 Å². The van der Waals surface area contributed by atoms with E-state index in [0.717, 1.165) is 18.7 Å². The number of nitro groups is 1. The lowest BCUT2D eigenvalue weighted by Crippen LogP contribution is -2.28. The summed E-state index contributed by atoms with van der Waals surface area (Å²) in [4.78, 5) is 14.6. The molecule has 2 heterocycles. The van der Waals surface area contributed by atoms with Crippen LogP contribution >= 0.6 is 0 Å². The van der Waals surface area contributed by atoms with Crippen LogP contribution in [0.3, 0.4) is 0 Å². The molecule has 0 aliphatic heterocycles.